The molecule has 0 unspecified atom stereocenters. The van der Waals surface area contributed by atoms with Gasteiger partial charge in [-0.25, -0.2) is 0 Å². The van der Waals surface area contributed by atoms with Gasteiger partial charge in [-0.1, -0.05) is 0 Å². The molecule has 0 saturated carbocycles. The summed E-state index contributed by atoms with van der Waals surface area (Å²) < 4.78 is 3.43. The van der Waals surface area contributed by atoms with Crippen LogP contribution in [0.2, 0.25) is 0 Å². The lowest BCUT2D eigenvalue weighted by Gasteiger charge is -1.97. The molecule has 16 heavy (non-hydrogen) atoms. The number of benzene rings is 1. The molecular formula is C13H9BrIN. The maximum absolute atomic E-state index is 2.34. The van der Waals surface area contributed by atoms with E-state index in [-0.39, 0.29) is 17.0 Å². The van der Waals surface area contributed by atoms with Crippen LogP contribution in [0.4, 0.5) is 0 Å². The van der Waals surface area contributed by atoms with Crippen molar-refractivity contribution in [3.63, 3.8) is 0 Å². The molecule has 3 heteroatoms. The van der Waals surface area contributed by atoms with Gasteiger partial charge in [-0.2, -0.15) is 4.40 Å². The summed E-state index contributed by atoms with van der Waals surface area (Å²) in [5.41, 5.74) is 1.23. The van der Waals surface area contributed by atoms with Crippen molar-refractivity contribution >= 4 is 38.9 Å². The summed E-state index contributed by atoms with van der Waals surface area (Å²) in [7, 11) is 0. The predicted molar refractivity (Wildman–Crippen MR) is 69.8 cm³/mol. The fraction of sp³-hybridized carbons (Fsp3) is 0. The van der Waals surface area contributed by atoms with Crippen LogP contribution in [-0.2, 0) is 0 Å². The number of nitrogens with zero attached hydrogens (tertiary/aromatic N) is 1. The number of aromatic nitrogens is 1. The van der Waals surface area contributed by atoms with Crippen molar-refractivity contribution in [3.05, 3.63) is 58.4 Å². The topological polar surface area (TPSA) is 4.10 Å². The fourth-order valence-electron chi connectivity index (χ4n) is 1.81. The molecule has 3 aromatic rings. The minimum absolute atomic E-state index is 0. The number of halogens is 2. The van der Waals surface area contributed by atoms with Crippen molar-refractivity contribution in [1.82, 2.24) is 0 Å². The zero-order valence-corrected chi connectivity index (χ0v) is 12.1. The van der Waals surface area contributed by atoms with Crippen LogP contribution in [0, 0.1) is 3.57 Å². The lowest BCUT2D eigenvalue weighted by Crippen LogP contribution is -3.00. The summed E-state index contributed by atoms with van der Waals surface area (Å²) in [6.07, 6.45) is 4.24. The molecule has 0 aliphatic rings. The summed E-state index contributed by atoms with van der Waals surface area (Å²) in [6, 6.07) is 15.0. The highest BCUT2D eigenvalue weighted by Crippen LogP contribution is 2.16. The van der Waals surface area contributed by atoms with E-state index in [1.807, 2.05) is 6.07 Å². The molecule has 2 aromatic heterocycles. The Balaban J connectivity index is 0.000000963. The number of rotatable bonds is 0. The van der Waals surface area contributed by atoms with Gasteiger partial charge in [-0.15, -0.1) is 0 Å². The Bertz CT molecular complexity index is 652. The third-order valence-electron chi connectivity index (χ3n) is 2.55. The van der Waals surface area contributed by atoms with Crippen molar-refractivity contribution in [1.29, 1.82) is 0 Å². The first kappa shape index (κ1) is 11.8. The van der Waals surface area contributed by atoms with Crippen LogP contribution in [0.3, 0.4) is 0 Å². The Hall–Kier alpha value is -0.680. The number of hydrogen-bond donors (Lipinski definition) is 0. The van der Waals surface area contributed by atoms with Crippen molar-refractivity contribution in [2.24, 2.45) is 0 Å². The quantitative estimate of drug-likeness (QED) is 0.295. The fourth-order valence-corrected chi connectivity index (χ4v) is 2.32. The lowest BCUT2D eigenvalue weighted by atomic mass is 10.1. The molecule has 0 aliphatic heterocycles. The second-order valence-electron chi connectivity index (χ2n) is 3.58. The van der Waals surface area contributed by atoms with Crippen molar-refractivity contribution in [2.75, 3.05) is 0 Å². The summed E-state index contributed by atoms with van der Waals surface area (Å²) in [4.78, 5) is 0. The molecule has 0 amide bonds. The lowest BCUT2D eigenvalue weighted by molar-refractivity contribution is -0.510. The first-order chi connectivity index (χ1) is 7.33. The number of hydrogen-bond acceptors (Lipinski definition) is 0. The predicted octanol–water partition coefficient (Wildman–Crippen LogP) is 0.187. The van der Waals surface area contributed by atoms with E-state index in [4.69, 9.17) is 0 Å². The van der Waals surface area contributed by atoms with Gasteiger partial charge in [0.25, 0.3) is 0 Å². The van der Waals surface area contributed by atoms with E-state index in [9.17, 15) is 0 Å². The number of fused-ring (bicyclic) bond motifs is 2. The smallest absolute Gasteiger partial charge is 0.211 e. The maximum atomic E-state index is 2.34. The molecule has 0 fully saturated rings. The van der Waals surface area contributed by atoms with Gasteiger partial charge < -0.3 is 17.0 Å². The van der Waals surface area contributed by atoms with E-state index >= 15 is 0 Å². The minimum atomic E-state index is 0. The molecule has 0 atom stereocenters. The molecule has 1 nitrogen and oxygen atoms in total. The van der Waals surface area contributed by atoms with Crippen LogP contribution in [0.15, 0.2) is 54.9 Å². The van der Waals surface area contributed by atoms with E-state index in [0.29, 0.717) is 0 Å². The normalized spacial score (nSPS) is 10.3. The standard InChI is InChI=1S/C13H9IN.BrH/c14-12-5-4-10-9-15-6-2-1-3-13(15)8-11(10)7-12;/h1-9H;1H/q+1;/p-1. The Morgan fingerprint density at radius 2 is 1.81 bits per heavy atom. The van der Waals surface area contributed by atoms with Gasteiger partial charge in [0.1, 0.15) is 0 Å². The van der Waals surface area contributed by atoms with E-state index < -0.39 is 0 Å². The van der Waals surface area contributed by atoms with Crippen LogP contribution in [-0.4, -0.2) is 0 Å². The molecule has 0 N–H and O–H groups in total. The van der Waals surface area contributed by atoms with Crippen molar-refractivity contribution in [3.8, 4) is 0 Å². The molecule has 0 spiro atoms. The van der Waals surface area contributed by atoms with Gasteiger partial charge in [0.15, 0.2) is 12.4 Å². The Morgan fingerprint density at radius 1 is 0.938 bits per heavy atom. The largest absolute Gasteiger partial charge is 1.00 e. The second-order valence-corrected chi connectivity index (χ2v) is 4.83. The summed E-state index contributed by atoms with van der Waals surface area (Å²) in [6.45, 7) is 0. The van der Waals surface area contributed by atoms with Crippen LogP contribution in [0.25, 0.3) is 16.3 Å². The summed E-state index contributed by atoms with van der Waals surface area (Å²) >= 11 is 2.34. The molecule has 1 aromatic carbocycles. The molecule has 80 valence electrons. The van der Waals surface area contributed by atoms with E-state index in [2.05, 4.69) is 75.8 Å². The van der Waals surface area contributed by atoms with E-state index in [0.717, 1.165) is 0 Å². The first-order valence-corrected chi connectivity index (χ1v) is 5.90. The average Bonchev–Trinajstić information content (AvgIpc) is 2.26. The highest BCUT2D eigenvalue weighted by Gasteiger charge is 2.03. The van der Waals surface area contributed by atoms with Crippen molar-refractivity contribution in [2.45, 2.75) is 0 Å². The van der Waals surface area contributed by atoms with Gasteiger partial charge >= 0.3 is 0 Å². The summed E-state index contributed by atoms with van der Waals surface area (Å²) in [5, 5.41) is 2.58. The minimum Gasteiger partial charge on any atom is -1.00 e. The zero-order valence-electron chi connectivity index (χ0n) is 8.40. The Morgan fingerprint density at radius 3 is 2.69 bits per heavy atom. The second kappa shape index (κ2) is 4.67. The molecule has 2 heterocycles. The zero-order chi connectivity index (χ0) is 10.3. The SMILES string of the molecule is Ic1ccc2c[n+]3ccccc3cc2c1.[Br-]. The third kappa shape index (κ3) is 2.06. The first-order valence-electron chi connectivity index (χ1n) is 4.82. The van der Waals surface area contributed by atoms with Crippen molar-refractivity contribution < 1.29 is 21.4 Å². The molecule has 3 rings (SSSR count). The van der Waals surface area contributed by atoms with Crippen LogP contribution in [0.5, 0.6) is 0 Å². The van der Waals surface area contributed by atoms with Crippen LogP contribution >= 0.6 is 22.6 Å². The highest BCUT2D eigenvalue weighted by atomic mass is 127. The van der Waals surface area contributed by atoms with E-state index in [1.165, 1.54) is 19.9 Å². The molecule has 0 saturated heterocycles. The van der Waals surface area contributed by atoms with Gasteiger partial charge in [-0.05, 0) is 52.2 Å². The van der Waals surface area contributed by atoms with E-state index in [1.54, 1.807) is 0 Å². The molecule has 0 bridgehead atoms. The summed E-state index contributed by atoms with van der Waals surface area (Å²) in [5.74, 6) is 0. The van der Waals surface area contributed by atoms with Crippen LogP contribution in [0.1, 0.15) is 0 Å². The number of pyridine rings is 2. The average molecular weight is 386 g/mol. The maximum Gasteiger partial charge on any atom is 0.211 e. The molecule has 0 aliphatic carbocycles. The monoisotopic (exact) mass is 385 g/mol. The molecule has 0 radical (unpaired) electrons. The van der Waals surface area contributed by atoms with Gasteiger partial charge in [-0.3, -0.25) is 0 Å². The Kier molecular flexibility index (Phi) is 3.44. The third-order valence-corrected chi connectivity index (χ3v) is 3.22. The van der Waals surface area contributed by atoms with Crippen LogP contribution < -0.4 is 21.4 Å². The Labute approximate surface area is 118 Å². The van der Waals surface area contributed by atoms with Gasteiger partial charge in [0.05, 0.1) is 0 Å². The van der Waals surface area contributed by atoms with Gasteiger partial charge in [0.2, 0.25) is 5.52 Å². The molecular weight excluding hydrogens is 377 g/mol. The van der Waals surface area contributed by atoms with Gasteiger partial charge in [0, 0.05) is 27.2 Å². The highest BCUT2D eigenvalue weighted by molar-refractivity contribution is 14.1.